The minimum Gasteiger partial charge on any atom is -0.310 e. The van der Waals surface area contributed by atoms with Crippen LogP contribution < -0.4 is 5.32 Å². The van der Waals surface area contributed by atoms with Gasteiger partial charge in [0, 0.05) is 20.5 Å². The predicted molar refractivity (Wildman–Crippen MR) is 85.8 cm³/mol. The van der Waals surface area contributed by atoms with Gasteiger partial charge in [0.05, 0.1) is 7.05 Å². The molecule has 0 aliphatic rings. The van der Waals surface area contributed by atoms with Gasteiger partial charge in [-0.15, -0.1) is 10.2 Å². The summed E-state index contributed by atoms with van der Waals surface area (Å²) in [5.41, 5.74) is 1.25. The first-order chi connectivity index (χ1) is 9.10. The number of halogens is 2. The van der Waals surface area contributed by atoms with Crippen molar-refractivity contribution in [3.8, 4) is 0 Å². The van der Waals surface area contributed by atoms with E-state index < -0.39 is 0 Å². The molecule has 1 aromatic carbocycles. The molecule has 0 amide bonds. The van der Waals surface area contributed by atoms with Gasteiger partial charge < -0.3 is 5.32 Å². The topological polar surface area (TPSA) is 55.6 Å². The highest BCUT2D eigenvalue weighted by Crippen LogP contribution is 2.26. The van der Waals surface area contributed by atoms with Crippen molar-refractivity contribution >= 4 is 38.5 Å². The zero-order chi connectivity index (χ0) is 13.8. The Hall–Kier alpha value is -0.540. The second-order valence-electron chi connectivity index (χ2n) is 4.18. The van der Waals surface area contributed by atoms with E-state index in [1.165, 1.54) is 13.9 Å². The number of rotatable bonds is 5. The lowest BCUT2D eigenvalue weighted by atomic mass is 10.0. The average Bonchev–Trinajstić information content (AvgIpc) is 2.77. The first kappa shape index (κ1) is 14.9. The zero-order valence-corrected chi connectivity index (χ0v) is 14.5. The van der Waals surface area contributed by atoms with E-state index in [0.29, 0.717) is 0 Å². The van der Waals surface area contributed by atoms with Crippen LogP contribution in [0.5, 0.6) is 0 Å². The number of likely N-dealkylation sites (N-methyl/N-ethyl adjacent to an activating group) is 1. The maximum atomic E-state index is 4.25. The molecule has 7 heteroatoms. The van der Waals surface area contributed by atoms with Gasteiger partial charge in [-0.2, -0.15) is 4.80 Å². The summed E-state index contributed by atoms with van der Waals surface area (Å²) in [6.07, 6.45) is 0.730. The molecule has 0 bridgehead atoms. The lowest BCUT2D eigenvalue weighted by Crippen LogP contribution is -2.24. The van der Waals surface area contributed by atoms with Crippen LogP contribution in [0.3, 0.4) is 0 Å². The molecule has 2 rings (SSSR count). The molecule has 0 saturated carbocycles. The van der Waals surface area contributed by atoms with E-state index in [0.717, 1.165) is 23.3 Å². The lowest BCUT2D eigenvalue weighted by molar-refractivity contribution is 0.532. The van der Waals surface area contributed by atoms with E-state index >= 15 is 0 Å². The number of hydrogen-bond acceptors (Lipinski definition) is 4. The molecule has 0 aliphatic carbocycles. The predicted octanol–water partition coefficient (Wildman–Crippen LogP) is 2.47. The summed E-state index contributed by atoms with van der Waals surface area (Å²) in [5.74, 6) is 0.754. The monoisotopic (exact) mass is 435 g/mol. The van der Waals surface area contributed by atoms with Crippen LogP contribution >= 0.6 is 38.5 Å². The van der Waals surface area contributed by atoms with Gasteiger partial charge in [0.2, 0.25) is 0 Å². The third-order valence-electron chi connectivity index (χ3n) is 2.72. The fourth-order valence-electron chi connectivity index (χ4n) is 1.91. The van der Waals surface area contributed by atoms with Gasteiger partial charge in [-0.05, 0) is 58.1 Å². The van der Waals surface area contributed by atoms with Crippen LogP contribution in [-0.4, -0.2) is 26.8 Å². The van der Waals surface area contributed by atoms with Gasteiger partial charge in [-0.1, -0.05) is 22.9 Å². The number of hydrogen-bond donors (Lipinski definition) is 1. The third kappa shape index (κ3) is 3.96. The van der Waals surface area contributed by atoms with E-state index in [2.05, 4.69) is 84.4 Å². The lowest BCUT2D eigenvalue weighted by Gasteiger charge is -2.18. The fourth-order valence-corrected chi connectivity index (χ4v) is 3.00. The standard InChI is InChI=1S/C12H15BrIN5/c1-3-15-11(7-12-16-18-19(2)17-12)9-6-8(13)4-5-10(9)14/h4-6,11,15H,3,7H2,1-2H3. The molecule has 102 valence electrons. The van der Waals surface area contributed by atoms with Crippen molar-refractivity contribution in [1.29, 1.82) is 0 Å². The van der Waals surface area contributed by atoms with E-state index in [1.54, 1.807) is 7.05 Å². The summed E-state index contributed by atoms with van der Waals surface area (Å²) < 4.78 is 2.31. The molecule has 19 heavy (non-hydrogen) atoms. The minimum absolute atomic E-state index is 0.193. The summed E-state index contributed by atoms with van der Waals surface area (Å²) in [5, 5.41) is 15.7. The van der Waals surface area contributed by atoms with Gasteiger partial charge in [0.25, 0.3) is 0 Å². The summed E-state index contributed by atoms with van der Waals surface area (Å²) in [6, 6.07) is 6.49. The van der Waals surface area contributed by atoms with Crippen molar-refractivity contribution in [3.05, 3.63) is 37.6 Å². The molecule has 1 aromatic heterocycles. The van der Waals surface area contributed by atoms with Gasteiger partial charge >= 0.3 is 0 Å². The Kier molecular flexibility index (Phi) is 5.28. The maximum absolute atomic E-state index is 4.25. The summed E-state index contributed by atoms with van der Waals surface area (Å²) in [7, 11) is 1.78. The first-order valence-electron chi connectivity index (χ1n) is 6.01. The van der Waals surface area contributed by atoms with E-state index in [1.807, 2.05) is 0 Å². The quantitative estimate of drug-likeness (QED) is 0.733. The summed E-state index contributed by atoms with van der Waals surface area (Å²) in [6.45, 7) is 3.00. The van der Waals surface area contributed by atoms with Crippen molar-refractivity contribution in [3.63, 3.8) is 0 Å². The highest BCUT2D eigenvalue weighted by molar-refractivity contribution is 14.1. The van der Waals surface area contributed by atoms with Gasteiger partial charge in [-0.25, -0.2) is 0 Å². The van der Waals surface area contributed by atoms with Crippen molar-refractivity contribution in [1.82, 2.24) is 25.5 Å². The Balaban J connectivity index is 2.26. The Bertz CT molecular complexity index is 557. The van der Waals surface area contributed by atoms with Crippen molar-refractivity contribution < 1.29 is 0 Å². The molecule has 1 atom stereocenters. The number of nitrogens with zero attached hydrogens (tertiary/aromatic N) is 4. The molecule has 1 N–H and O–H groups in total. The van der Waals surface area contributed by atoms with Crippen LogP contribution in [0.4, 0.5) is 0 Å². The van der Waals surface area contributed by atoms with Crippen molar-refractivity contribution in [2.75, 3.05) is 6.54 Å². The van der Waals surface area contributed by atoms with Crippen LogP contribution in [-0.2, 0) is 13.5 Å². The number of aryl methyl sites for hydroxylation is 1. The first-order valence-corrected chi connectivity index (χ1v) is 7.88. The fraction of sp³-hybridized carbons (Fsp3) is 0.417. The van der Waals surface area contributed by atoms with Crippen LogP contribution in [0.15, 0.2) is 22.7 Å². The van der Waals surface area contributed by atoms with E-state index in [9.17, 15) is 0 Å². The Morgan fingerprint density at radius 2 is 2.26 bits per heavy atom. The highest BCUT2D eigenvalue weighted by atomic mass is 127. The van der Waals surface area contributed by atoms with E-state index in [4.69, 9.17) is 0 Å². The van der Waals surface area contributed by atoms with Gasteiger partial charge in [0.1, 0.15) is 0 Å². The molecule has 0 saturated heterocycles. The van der Waals surface area contributed by atoms with E-state index in [-0.39, 0.29) is 6.04 Å². The largest absolute Gasteiger partial charge is 0.310 e. The smallest absolute Gasteiger partial charge is 0.176 e. The molecule has 2 aromatic rings. The second-order valence-corrected chi connectivity index (χ2v) is 6.25. The van der Waals surface area contributed by atoms with Crippen LogP contribution in [0.2, 0.25) is 0 Å². The Labute approximate surface area is 134 Å². The van der Waals surface area contributed by atoms with Crippen molar-refractivity contribution in [2.24, 2.45) is 7.05 Å². The number of tetrazole rings is 1. The van der Waals surface area contributed by atoms with Gasteiger partial charge in [-0.3, -0.25) is 0 Å². The minimum atomic E-state index is 0.193. The number of aromatic nitrogens is 4. The molecular formula is C12H15BrIN5. The van der Waals surface area contributed by atoms with Crippen LogP contribution in [0.25, 0.3) is 0 Å². The van der Waals surface area contributed by atoms with Gasteiger partial charge in [0.15, 0.2) is 5.82 Å². The third-order valence-corrected chi connectivity index (χ3v) is 4.20. The highest BCUT2D eigenvalue weighted by Gasteiger charge is 2.17. The maximum Gasteiger partial charge on any atom is 0.176 e. The SMILES string of the molecule is CCNC(Cc1nnn(C)n1)c1cc(Br)ccc1I. The Morgan fingerprint density at radius 3 is 2.89 bits per heavy atom. The van der Waals surface area contributed by atoms with Crippen LogP contribution in [0.1, 0.15) is 24.4 Å². The molecule has 0 aliphatic heterocycles. The molecular weight excluding hydrogens is 421 g/mol. The second kappa shape index (κ2) is 6.76. The normalized spacial score (nSPS) is 12.6. The molecule has 0 fully saturated rings. The number of benzene rings is 1. The number of nitrogens with one attached hydrogen (secondary N) is 1. The molecule has 5 nitrogen and oxygen atoms in total. The van der Waals surface area contributed by atoms with Crippen LogP contribution in [0, 0.1) is 3.57 Å². The Morgan fingerprint density at radius 1 is 1.47 bits per heavy atom. The molecule has 0 radical (unpaired) electrons. The summed E-state index contributed by atoms with van der Waals surface area (Å²) >= 11 is 5.88. The molecule has 0 spiro atoms. The molecule has 1 heterocycles. The zero-order valence-electron chi connectivity index (χ0n) is 10.8. The average molecular weight is 436 g/mol. The molecule has 1 unspecified atom stereocenters. The van der Waals surface area contributed by atoms with Crippen molar-refractivity contribution in [2.45, 2.75) is 19.4 Å². The summed E-state index contributed by atoms with van der Waals surface area (Å²) in [4.78, 5) is 1.49.